The number of rotatable bonds is 8. The number of amides is 2. The van der Waals surface area contributed by atoms with Gasteiger partial charge in [0.1, 0.15) is 23.8 Å². The van der Waals surface area contributed by atoms with Gasteiger partial charge < -0.3 is 19.8 Å². The molecule has 154 valence electrons. The summed E-state index contributed by atoms with van der Waals surface area (Å²) in [6.07, 6.45) is 2.99. The minimum atomic E-state index is -0.434. The summed E-state index contributed by atoms with van der Waals surface area (Å²) in [6.45, 7) is 4.01. The quantitative estimate of drug-likeness (QED) is 0.557. The lowest BCUT2D eigenvalue weighted by atomic mass is 10.1. The first-order chi connectivity index (χ1) is 14.5. The molecule has 0 unspecified atom stereocenters. The number of para-hydroxylation sites is 1. The van der Waals surface area contributed by atoms with Crippen LogP contribution in [0.2, 0.25) is 0 Å². The molecular weight excluding hydrogens is 380 g/mol. The van der Waals surface area contributed by atoms with Crippen molar-refractivity contribution in [3.05, 3.63) is 95.6 Å². The molecular formula is C24H24N2O4. The first-order valence-corrected chi connectivity index (χ1v) is 9.63. The fraction of sp³-hybridized carbons (Fsp3) is 0.167. The van der Waals surface area contributed by atoms with Gasteiger partial charge in [0.05, 0.1) is 12.3 Å². The maximum Gasteiger partial charge on any atom is 0.268 e. The minimum Gasteiger partial charge on any atom is -0.491 e. The van der Waals surface area contributed by atoms with Crippen molar-refractivity contribution in [2.24, 2.45) is 0 Å². The summed E-state index contributed by atoms with van der Waals surface area (Å²) in [5.41, 5.74) is 1.51. The average Bonchev–Trinajstić information content (AvgIpc) is 3.25. The largest absolute Gasteiger partial charge is 0.491 e. The number of hydrogen-bond acceptors (Lipinski definition) is 4. The molecule has 0 aliphatic carbocycles. The average molecular weight is 404 g/mol. The van der Waals surface area contributed by atoms with Crippen LogP contribution in [0, 0.1) is 6.92 Å². The van der Waals surface area contributed by atoms with Crippen molar-refractivity contribution >= 4 is 17.9 Å². The topological polar surface area (TPSA) is 80.6 Å². The second kappa shape index (κ2) is 10.1. The molecule has 0 aliphatic heterocycles. The number of carbonyl (C=O) groups is 2. The summed E-state index contributed by atoms with van der Waals surface area (Å²) in [5.74, 6) is 0.368. The molecule has 0 aliphatic rings. The number of aryl methyl sites for hydroxylation is 1. The molecule has 1 heterocycles. The van der Waals surface area contributed by atoms with Gasteiger partial charge in [-0.05, 0) is 50.2 Å². The van der Waals surface area contributed by atoms with Crippen LogP contribution in [0.3, 0.4) is 0 Å². The second-order valence-electron chi connectivity index (χ2n) is 6.90. The van der Waals surface area contributed by atoms with Crippen LogP contribution in [0.25, 0.3) is 6.08 Å². The fourth-order valence-electron chi connectivity index (χ4n) is 2.74. The van der Waals surface area contributed by atoms with Crippen molar-refractivity contribution in [1.82, 2.24) is 10.6 Å². The SMILES string of the molecule is Cc1cccc(C(=O)N/C(=C\c2ccco2)C(=O)N[C@H](C)COc2ccccc2)c1. The predicted molar refractivity (Wildman–Crippen MR) is 115 cm³/mol. The number of ether oxygens (including phenoxy) is 1. The highest BCUT2D eigenvalue weighted by atomic mass is 16.5. The first kappa shape index (κ1) is 20.9. The van der Waals surface area contributed by atoms with Crippen LogP contribution in [-0.2, 0) is 4.79 Å². The molecule has 1 aromatic heterocycles. The highest BCUT2D eigenvalue weighted by molar-refractivity contribution is 6.05. The van der Waals surface area contributed by atoms with E-state index >= 15 is 0 Å². The third-order valence-corrected chi connectivity index (χ3v) is 4.22. The van der Waals surface area contributed by atoms with E-state index in [9.17, 15) is 9.59 Å². The number of hydrogen-bond donors (Lipinski definition) is 2. The summed E-state index contributed by atoms with van der Waals surface area (Å²) in [7, 11) is 0. The van der Waals surface area contributed by atoms with Gasteiger partial charge in [0, 0.05) is 11.6 Å². The van der Waals surface area contributed by atoms with E-state index in [4.69, 9.17) is 9.15 Å². The molecule has 6 nitrogen and oxygen atoms in total. The van der Waals surface area contributed by atoms with Crippen LogP contribution in [-0.4, -0.2) is 24.5 Å². The van der Waals surface area contributed by atoms with E-state index in [0.717, 1.165) is 11.3 Å². The second-order valence-corrected chi connectivity index (χ2v) is 6.90. The molecule has 1 atom stereocenters. The third-order valence-electron chi connectivity index (χ3n) is 4.22. The molecule has 0 spiro atoms. The molecule has 3 rings (SSSR count). The van der Waals surface area contributed by atoms with E-state index in [1.165, 1.54) is 12.3 Å². The number of carbonyl (C=O) groups excluding carboxylic acids is 2. The highest BCUT2D eigenvalue weighted by Crippen LogP contribution is 2.11. The maximum atomic E-state index is 12.8. The molecule has 0 saturated heterocycles. The zero-order valence-corrected chi connectivity index (χ0v) is 16.9. The van der Waals surface area contributed by atoms with E-state index in [0.29, 0.717) is 11.3 Å². The van der Waals surface area contributed by atoms with Gasteiger partial charge in [-0.3, -0.25) is 9.59 Å². The maximum absolute atomic E-state index is 12.8. The lowest BCUT2D eigenvalue weighted by molar-refractivity contribution is -0.118. The van der Waals surface area contributed by atoms with Crippen molar-refractivity contribution in [3.63, 3.8) is 0 Å². The number of nitrogens with one attached hydrogen (secondary N) is 2. The van der Waals surface area contributed by atoms with Crippen molar-refractivity contribution < 1.29 is 18.7 Å². The van der Waals surface area contributed by atoms with Crippen molar-refractivity contribution in [3.8, 4) is 5.75 Å². The number of furan rings is 1. The fourth-order valence-corrected chi connectivity index (χ4v) is 2.74. The molecule has 6 heteroatoms. The van der Waals surface area contributed by atoms with Crippen molar-refractivity contribution in [2.45, 2.75) is 19.9 Å². The van der Waals surface area contributed by atoms with Crippen LogP contribution in [0.4, 0.5) is 0 Å². The molecule has 2 N–H and O–H groups in total. The first-order valence-electron chi connectivity index (χ1n) is 9.63. The lowest BCUT2D eigenvalue weighted by Crippen LogP contribution is -2.41. The summed E-state index contributed by atoms with van der Waals surface area (Å²) in [5, 5.41) is 5.53. The molecule has 30 heavy (non-hydrogen) atoms. The van der Waals surface area contributed by atoms with E-state index in [1.807, 2.05) is 50.2 Å². The van der Waals surface area contributed by atoms with Crippen LogP contribution in [0.15, 0.2) is 83.1 Å². The molecule has 3 aromatic rings. The molecule has 2 amide bonds. The van der Waals surface area contributed by atoms with Gasteiger partial charge in [-0.1, -0.05) is 35.9 Å². The number of benzene rings is 2. The van der Waals surface area contributed by atoms with Gasteiger partial charge in [-0.25, -0.2) is 0 Å². The highest BCUT2D eigenvalue weighted by Gasteiger charge is 2.17. The van der Waals surface area contributed by atoms with E-state index in [1.54, 1.807) is 30.3 Å². The van der Waals surface area contributed by atoms with Crippen LogP contribution in [0.5, 0.6) is 5.75 Å². The van der Waals surface area contributed by atoms with E-state index < -0.39 is 5.91 Å². The third kappa shape index (κ3) is 6.10. The predicted octanol–water partition coefficient (Wildman–Crippen LogP) is 3.94. The molecule has 0 radical (unpaired) electrons. The Hall–Kier alpha value is -3.80. The van der Waals surface area contributed by atoms with E-state index in [-0.39, 0.29) is 24.3 Å². The van der Waals surface area contributed by atoms with Gasteiger partial charge in [-0.2, -0.15) is 0 Å². The van der Waals surface area contributed by atoms with Gasteiger partial charge in [0.15, 0.2) is 0 Å². The summed E-state index contributed by atoms with van der Waals surface area (Å²) >= 11 is 0. The van der Waals surface area contributed by atoms with Gasteiger partial charge in [0.25, 0.3) is 11.8 Å². The zero-order chi connectivity index (χ0) is 21.3. The van der Waals surface area contributed by atoms with Gasteiger partial charge >= 0.3 is 0 Å². The zero-order valence-electron chi connectivity index (χ0n) is 16.9. The Bertz CT molecular complexity index is 1010. The summed E-state index contributed by atoms with van der Waals surface area (Å²) in [6, 6.07) is 19.6. The Morgan fingerprint density at radius 2 is 1.87 bits per heavy atom. The molecule has 2 aromatic carbocycles. The van der Waals surface area contributed by atoms with Gasteiger partial charge in [0.2, 0.25) is 0 Å². The smallest absolute Gasteiger partial charge is 0.268 e. The van der Waals surface area contributed by atoms with Gasteiger partial charge in [-0.15, -0.1) is 0 Å². The Balaban J connectivity index is 1.68. The Morgan fingerprint density at radius 3 is 2.57 bits per heavy atom. The standard InChI is InChI=1S/C24H24N2O4/c1-17-8-6-9-19(14-17)23(27)26-22(15-21-12-7-13-29-21)24(28)25-18(2)16-30-20-10-4-3-5-11-20/h3-15,18H,16H2,1-2H3,(H,25,28)(H,26,27)/b22-15-/t18-/m1/s1. The Kier molecular flexibility index (Phi) is 7.05. The van der Waals surface area contributed by atoms with Crippen LogP contribution < -0.4 is 15.4 Å². The van der Waals surface area contributed by atoms with Crippen LogP contribution >= 0.6 is 0 Å². The van der Waals surface area contributed by atoms with E-state index in [2.05, 4.69) is 10.6 Å². The Labute approximate surface area is 175 Å². The normalized spacial score (nSPS) is 12.1. The summed E-state index contributed by atoms with van der Waals surface area (Å²) < 4.78 is 11.0. The van der Waals surface area contributed by atoms with Crippen LogP contribution in [0.1, 0.15) is 28.6 Å². The lowest BCUT2D eigenvalue weighted by Gasteiger charge is -2.17. The summed E-state index contributed by atoms with van der Waals surface area (Å²) in [4.78, 5) is 25.5. The van der Waals surface area contributed by atoms with Crippen molar-refractivity contribution in [2.75, 3.05) is 6.61 Å². The molecule has 0 bridgehead atoms. The molecule has 0 fully saturated rings. The molecule has 0 saturated carbocycles. The van der Waals surface area contributed by atoms with Crippen molar-refractivity contribution in [1.29, 1.82) is 0 Å². The monoisotopic (exact) mass is 404 g/mol. The minimum absolute atomic E-state index is 0.0861. The Morgan fingerprint density at radius 1 is 1.07 bits per heavy atom.